The molecule has 640 valence electrons. The van der Waals surface area contributed by atoms with Gasteiger partial charge in [0.2, 0.25) is 0 Å². The van der Waals surface area contributed by atoms with Crippen molar-refractivity contribution < 1.29 is 38.1 Å². The van der Waals surface area contributed by atoms with Crippen molar-refractivity contribution in [2.24, 2.45) is 5.73 Å². The number of nitro benzene ring substituents is 2. The SMILES string of the molecule is C.NCc1ccncc1.Nc1ccc(Cc2nc3ccccc3s2)cc1.Nc1nc2ccccc2s1.O=C(Cl)Oc1ccccc1.O=C(NCc1cnco1)Nc1ccc(Cc2nc3ccccc3s2)cc1.O=C(Nc1ccc(Cc2nc3ccccc3s2)cc1)Oc1ccccc1.O=[N+]([O-])c1ccc(Br)cc1.O=[N+]([O-])c1ccc(Cc2nc3ccccc3s2)cc1. The molecule has 19 aromatic rings. The number of pyridine rings is 1. The minimum absolute atomic E-state index is 0. The minimum Gasteiger partial charge on any atom is -0.447 e. The van der Waals surface area contributed by atoms with Gasteiger partial charge in [0.15, 0.2) is 11.5 Å². The summed E-state index contributed by atoms with van der Waals surface area (Å²) in [5, 5.41) is 33.9. The molecule has 127 heavy (non-hydrogen) atoms. The zero-order valence-corrected chi connectivity index (χ0v) is 73.1. The average molecular weight is 1870 g/mol. The number of hydrogen-bond donors (Lipinski definition) is 6. The van der Waals surface area contributed by atoms with Crippen LogP contribution in [-0.4, -0.2) is 62.3 Å². The largest absolute Gasteiger partial charge is 0.447 e. The normalized spacial score (nSPS) is 10.3. The number of non-ortho nitro benzene ring substituents is 2. The van der Waals surface area contributed by atoms with E-state index in [4.69, 9.17) is 38.0 Å². The second kappa shape index (κ2) is 48.6. The van der Waals surface area contributed by atoms with Crippen LogP contribution in [0.15, 0.2) is 349 Å². The Morgan fingerprint density at radius 3 is 1.13 bits per heavy atom. The summed E-state index contributed by atoms with van der Waals surface area (Å²) in [6.45, 7) is 0.893. The summed E-state index contributed by atoms with van der Waals surface area (Å²) < 4.78 is 21.6. The number of amides is 3. The van der Waals surface area contributed by atoms with Crippen LogP contribution in [0.3, 0.4) is 0 Å². The third-order valence-corrected chi connectivity index (χ3v) is 23.1. The van der Waals surface area contributed by atoms with Crippen LogP contribution >= 0.6 is 84.2 Å². The van der Waals surface area contributed by atoms with E-state index in [1.807, 2.05) is 194 Å². The summed E-state index contributed by atoms with van der Waals surface area (Å²) in [6, 6.07) is 97.9. The van der Waals surface area contributed by atoms with Gasteiger partial charge in [-0.25, -0.2) is 44.3 Å². The molecular weight excluding hydrogens is 1790 g/mol. The van der Waals surface area contributed by atoms with E-state index in [2.05, 4.69) is 108 Å². The molecule has 7 aromatic heterocycles. The predicted molar refractivity (Wildman–Crippen MR) is 517 cm³/mol. The first-order chi connectivity index (χ1) is 61.3. The molecule has 0 atom stereocenters. The molecule has 0 radical (unpaired) electrons. The van der Waals surface area contributed by atoms with Crippen molar-refractivity contribution in [2.75, 3.05) is 22.1 Å². The smallest absolute Gasteiger partial charge is 0.417 e. The fourth-order valence-corrected chi connectivity index (χ4v) is 16.5. The number of nitro groups is 2. The monoisotopic (exact) mass is 1870 g/mol. The third-order valence-electron chi connectivity index (χ3n) is 17.4. The Bertz CT molecular complexity index is 6500. The molecule has 0 fully saturated rings. The van der Waals surface area contributed by atoms with Crippen LogP contribution in [0, 0.1) is 20.2 Å². The van der Waals surface area contributed by atoms with Gasteiger partial charge >= 0.3 is 17.6 Å². The Hall–Kier alpha value is -14.4. The second-order valence-electron chi connectivity index (χ2n) is 26.6. The van der Waals surface area contributed by atoms with Gasteiger partial charge in [0.25, 0.3) is 11.4 Å². The number of anilines is 4. The number of nitrogens with zero attached hydrogens (tertiary/aromatic N) is 9. The number of para-hydroxylation sites is 7. The number of benzene rings is 12. The summed E-state index contributed by atoms with van der Waals surface area (Å²) in [4.78, 5) is 84.1. The number of aromatic nitrogens is 7. The molecule has 7 heterocycles. The highest BCUT2D eigenvalue weighted by Gasteiger charge is 2.13. The van der Waals surface area contributed by atoms with Crippen molar-refractivity contribution in [1.29, 1.82) is 0 Å². The number of nitrogen functional groups attached to an aromatic ring is 2. The predicted octanol–water partition coefficient (Wildman–Crippen LogP) is 24.8. The van der Waals surface area contributed by atoms with E-state index in [-0.39, 0.29) is 29.8 Å². The standard InChI is InChI=1S/C21H16N2O2S.C19H16N4O2S.C14H10N2O2S.C14H12N2S.C7H5ClO2.C7H6N2S.C6H4BrNO2.C6H8N2.CH4/c24-21(25-17-6-2-1-3-7-17)22-16-12-10-15(11-13-16)14-20-23-18-8-4-5-9-19(18)26-20;24-19(21-11-15-10-20-12-25-15)22-14-7-5-13(6-8-14)9-18-23-16-3-1-2-4-17(16)26-18;17-16(18)11-7-5-10(6-8-11)9-14-15-12-3-1-2-4-13(12)19-14;15-11-7-5-10(6-8-11)9-14-16-12-3-1-2-4-13(12)17-14;8-7(9)10-6-4-2-1-3-5-6;8-7-9-5-3-1-2-4-6(5)10-7;7-5-1-3-6(4-2-5)8(9)10;7-5-6-1-3-8-4-2-6;/h1-13H,14H2,(H,22,24);1-8,10,12H,9,11H2,(H2,21,22,24);1-8H,9H2;1-8H,9,15H2;1-5H;1-4H,(H2,8,9);1-4H;1-4H,5,7H2;1H4. The van der Waals surface area contributed by atoms with Crippen LogP contribution in [0.5, 0.6) is 11.5 Å². The quantitative estimate of drug-likeness (QED) is 0.0213. The second-order valence-corrected chi connectivity index (χ2v) is 33.4. The molecule has 3 amide bonds. The van der Waals surface area contributed by atoms with Gasteiger partial charge in [0.05, 0.1) is 93.7 Å². The van der Waals surface area contributed by atoms with E-state index in [9.17, 15) is 34.6 Å². The summed E-state index contributed by atoms with van der Waals surface area (Å²) >= 11 is 16.5. The van der Waals surface area contributed by atoms with Gasteiger partial charge in [-0.1, -0.05) is 180 Å². The van der Waals surface area contributed by atoms with Crippen molar-refractivity contribution >= 4 is 186 Å². The van der Waals surface area contributed by atoms with Gasteiger partial charge < -0.3 is 41.7 Å². The lowest BCUT2D eigenvalue weighted by Crippen LogP contribution is -2.27. The maximum atomic E-state index is 11.9. The van der Waals surface area contributed by atoms with Crippen LogP contribution in [0.4, 0.5) is 48.0 Å². The molecule has 19 rings (SSSR count). The summed E-state index contributed by atoms with van der Waals surface area (Å²) in [5.74, 6) is 1.58. The Labute approximate surface area is 763 Å². The third kappa shape index (κ3) is 30.8. The molecule has 12 aromatic carbocycles. The number of ether oxygens (including phenoxy) is 2. The lowest BCUT2D eigenvalue weighted by molar-refractivity contribution is -0.385. The highest BCUT2D eigenvalue weighted by molar-refractivity contribution is 9.10. The van der Waals surface area contributed by atoms with E-state index < -0.39 is 16.4 Å². The molecule has 0 aliphatic heterocycles. The molecule has 25 nitrogen and oxygen atoms in total. The van der Waals surface area contributed by atoms with Gasteiger partial charge in [-0.15, -0.1) is 45.3 Å². The van der Waals surface area contributed by atoms with Crippen LogP contribution in [0.25, 0.3) is 51.1 Å². The highest BCUT2D eigenvalue weighted by Crippen LogP contribution is 2.30. The van der Waals surface area contributed by atoms with Crippen molar-refractivity contribution in [3.05, 3.63) is 419 Å². The van der Waals surface area contributed by atoms with Crippen LogP contribution in [0.2, 0.25) is 0 Å². The number of thiazole rings is 5. The number of nitrogens with one attached hydrogen (secondary N) is 3. The van der Waals surface area contributed by atoms with Gasteiger partial charge in [-0.05, 0) is 173 Å². The van der Waals surface area contributed by atoms with Gasteiger partial charge in [-0.2, -0.15) is 0 Å². The molecule has 0 spiro atoms. The number of carbonyl (C=O) groups excluding carboxylic acids is 3. The Morgan fingerprint density at radius 1 is 0.417 bits per heavy atom. The molecule has 0 saturated carbocycles. The molecule has 32 heteroatoms. The van der Waals surface area contributed by atoms with Crippen LogP contribution in [0.1, 0.15) is 61.0 Å². The number of carbonyl (C=O) groups is 3. The van der Waals surface area contributed by atoms with Crippen LogP contribution in [-0.2, 0) is 38.8 Å². The molecule has 0 bridgehead atoms. The zero-order chi connectivity index (χ0) is 88.2. The van der Waals surface area contributed by atoms with Gasteiger partial charge in [0.1, 0.15) is 17.3 Å². The molecule has 0 unspecified atom stereocenters. The Balaban J connectivity index is 0.000000145. The van der Waals surface area contributed by atoms with E-state index in [1.54, 1.807) is 125 Å². The van der Waals surface area contributed by atoms with Crippen molar-refractivity contribution in [2.45, 2.75) is 46.2 Å². The highest BCUT2D eigenvalue weighted by atomic mass is 79.9. The lowest BCUT2D eigenvalue weighted by atomic mass is 10.1. The van der Waals surface area contributed by atoms with Crippen molar-refractivity contribution in [3.63, 3.8) is 0 Å². The number of oxazole rings is 1. The zero-order valence-electron chi connectivity index (χ0n) is 66.7. The minimum atomic E-state index is -0.814. The Morgan fingerprint density at radius 2 is 0.772 bits per heavy atom. The Kier molecular flexibility index (Phi) is 35.7. The molecular formula is C95H81BrClN15O10S5. The molecule has 0 saturated heterocycles. The van der Waals surface area contributed by atoms with Crippen molar-refractivity contribution in [1.82, 2.24) is 40.2 Å². The first-order valence-electron chi connectivity index (χ1n) is 38.5. The maximum Gasteiger partial charge on any atom is 0.417 e. The molecule has 9 N–H and O–H groups in total. The van der Waals surface area contributed by atoms with E-state index in [1.165, 1.54) is 66.4 Å². The first-order valence-corrected chi connectivity index (χ1v) is 43.7. The number of fused-ring (bicyclic) bond motifs is 5. The van der Waals surface area contributed by atoms with E-state index in [0.29, 0.717) is 47.6 Å². The molecule has 0 aliphatic rings. The van der Waals surface area contributed by atoms with Gasteiger partial charge in [-0.3, -0.25) is 30.5 Å². The molecule has 0 aliphatic carbocycles. The van der Waals surface area contributed by atoms with Gasteiger partial charge in [0, 0.05) is 102 Å². The number of halogens is 2. The summed E-state index contributed by atoms with van der Waals surface area (Å²) in [7, 11) is 0. The fourth-order valence-electron chi connectivity index (χ4n) is 11.4. The van der Waals surface area contributed by atoms with Crippen molar-refractivity contribution in [3.8, 4) is 11.5 Å². The van der Waals surface area contributed by atoms with E-state index >= 15 is 0 Å². The number of rotatable bonds is 17. The number of hydrogen-bond acceptors (Lipinski definition) is 25. The number of nitrogens with two attached hydrogens (primary N) is 3. The summed E-state index contributed by atoms with van der Waals surface area (Å²) in [5.41, 5.74) is 29.0. The topological polar surface area (TPSA) is 373 Å². The average Bonchev–Trinajstić information content (AvgIpc) is 1.73. The summed E-state index contributed by atoms with van der Waals surface area (Å²) in [6.07, 6.45) is 9.00. The first kappa shape index (κ1) is 93.3. The van der Waals surface area contributed by atoms with Crippen LogP contribution < -0.4 is 42.6 Å². The maximum absolute atomic E-state index is 11.9. The fraction of sp³-hybridized carbons (Fsp3) is 0.0737. The lowest BCUT2D eigenvalue weighted by Gasteiger charge is -2.07. The van der Waals surface area contributed by atoms with E-state index in [0.717, 1.165) is 110 Å². The number of urea groups is 1.